The van der Waals surface area contributed by atoms with Crippen LogP contribution in [-0.4, -0.2) is 15.0 Å². The minimum absolute atomic E-state index is 0.0854. The second-order valence-electron chi connectivity index (χ2n) is 2.94. The smallest absolute Gasteiger partial charge is 0.207 e. The lowest BCUT2D eigenvalue weighted by Crippen LogP contribution is -2.24. The standard InChI is InChI=1S/C10H10FNO2S/c1-3-6-12-15(13,14)10-7-9(11)5-4-8(10)2/h1,4-5,7,12H,6H2,2H3. The SMILES string of the molecule is C#CCNS(=O)(=O)c1cc(F)ccc1C. The van der Waals surface area contributed by atoms with Crippen molar-refractivity contribution in [3.8, 4) is 12.3 Å². The number of hydrogen-bond acceptors (Lipinski definition) is 2. The molecule has 0 saturated carbocycles. The van der Waals surface area contributed by atoms with E-state index >= 15 is 0 Å². The maximum atomic E-state index is 12.9. The fourth-order valence-electron chi connectivity index (χ4n) is 1.08. The number of aryl methyl sites for hydroxylation is 1. The summed E-state index contributed by atoms with van der Waals surface area (Å²) in [5.41, 5.74) is 0.473. The van der Waals surface area contributed by atoms with Gasteiger partial charge in [-0.2, -0.15) is 4.72 Å². The molecule has 1 aromatic rings. The quantitative estimate of drug-likeness (QED) is 0.784. The second kappa shape index (κ2) is 4.43. The lowest BCUT2D eigenvalue weighted by molar-refractivity contribution is 0.581. The van der Waals surface area contributed by atoms with Crippen molar-refractivity contribution in [2.45, 2.75) is 11.8 Å². The molecule has 0 heterocycles. The molecule has 0 unspecified atom stereocenters. The van der Waals surface area contributed by atoms with Gasteiger partial charge in [0.25, 0.3) is 0 Å². The van der Waals surface area contributed by atoms with Gasteiger partial charge in [-0.05, 0) is 24.6 Å². The molecular formula is C10H10FNO2S. The van der Waals surface area contributed by atoms with E-state index in [1.807, 2.05) is 0 Å². The molecule has 0 aliphatic carbocycles. The number of hydrogen-bond donors (Lipinski definition) is 1. The molecule has 1 rings (SSSR count). The van der Waals surface area contributed by atoms with Crippen LogP contribution in [0.5, 0.6) is 0 Å². The van der Waals surface area contributed by atoms with Gasteiger partial charge in [0.1, 0.15) is 5.82 Å². The van der Waals surface area contributed by atoms with Crippen LogP contribution in [0.25, 0.3) is 0 Å². The first-order chi connectivity index (χ1) is 6.97. The van der Waals surface area contributed by atoms with Crippen LogP contribution in [0.3, 0.4) is 0 Å². The molecular weight excluding hydrogens is 217 g/mol. The van der Waals surface area contributed by atoms with Gasteiger partial charge < -0.3 is 0 Å². The van der Waals surface area contributed by atoms with Gasteiger partial charge in [-0.3, -0.25) is 0 Å². The summed E-state index contributed by atoms with van der Waals surface area (Å²) in [6.07, 6.45) is 4.93. The zero-order chi connectivity index (χ0) is 11.5. The minimum atomic E-state index is -3.71. The van der Waals surface area contributed by atoms with Crippen molar-refractivity contribution >= 4 is 10.0 Å². The average Bonchev–Trinajstić information content (AvgIpc) is 2.18. The van der Waals surface area contributed by atoms with Gasteiger partial charge in [-0.15, -0.1) is 6.42 Å². The number of sulfonamides is 1. The fraction of sp³-hybridized carbons (Fsp3) is 0.200. The Morgan fingerprint density at radius 2 is 2.20 bits per heavy atom. The average molecular weight is 227 g/mol. The third-order valence-corrected chi connectivity index (χ3v) is 3.35. The Hall–Kier alpha value is -1.38. The van der Waals surface area contributed by atoms with E-state index < -0.39 is 15.8 Å². The summed E-state index contributed by atoms with van der Waals surface area (Å²) in [5, 5.41) is 0. The second-order valence-corrected chi connectivity index (χ2v) is 4.67. The fourth-order valence-corrected chi connectivity index (χ4v) is 2.27. The first-order valence-corrected chi connectivity index (χ1v) is 5.65. The van der Waals surface area contributed by atoms with Gasteiger partial charge in [0.15, 0.2) is 0 Å². The third-order valence-electron chi connectivity index (χ3n) is 1.80. The highest BCUT2D eigenvalue weighted by Crippen LogP contribution is 2.15. The Balaban J connectivity index is 3.16. The van der Waals surface area contributed by atoms with Crippen LogP contribution in [0.1, 0.15) is 5.56 Å². The molecule has 0 atom stereocenters. The molecule has 0 spiro atoms. The van der Waals surface area contributed by atoms with E-state index in [-0.39, 0.29) is 11.4 Å². The summed E-state index contributed by atoms with van der Waals surface area (Å²) >= 11 is 0. The van der Waals surface area contributed by atoms with Gasteiger partial charge in [0.05, 0.1) is 11.4 Å². The van der Waals surface area contributed by atoms with E-state index in [1.165, 1.54) is 12.1 Å². The molecule has 5 heteroatoms. The van der Waals surface area contributed by atoms with Crippen LogP contribution >= 0.6 is 0 Å². The number of rotatable bonds is 3. The molecule has 1 aromatic carbocycles. The lowest BCUT2D eigenvalue weighted by atomic mass is 10.2. The van der Waals surface area contributed by atoms with Crippen LogP contribution in [0.2, 0.25) is 0 Å². The van der Waals surface area contributed by atoms with Crippen molar-refractivity contribution in [3.05, 3.63) is 29.6 Å². The summed E-state index contributed by atoms with van der Waals surface area (Å²) in [7, 11) is -3.71. The summed E-state index contributed by atoms with van der Waals surface area (Å²) in [5.74, 6) is 1.55. The first-order valence-electron chi connectivity index (χ1n) is 4.16. The van der Waals surface area contributed by atoms with E-state index in [1.54, 1.807) is 6.92 Å². The largest absolute Gasteiger partial charge is 0.241 e. The summed E-state index contributed by atoms with van der Waals surface area (Å²) in [6.45, 7) is 1.47. The highest BCUT2D eigenvalue weighted by molar-refractivity contribution is 7.89. The molecule has 0 radical (unpaired) electrons. The van der Waals surface area contributed by atoms with Gasteiger partial charge >= 0.3 is 0 Å². The van der Waals surface area contributed by atoms with E-state index in [4.69, 9.17) is 6.42 Å². The van der Waals surface area contributed by atoms with E-state index in [9.17, 15) is 12.8 Å². The molecule has 0 amide bonds. The topological polar surface area (TPSA) is 46.2 Å². The molecule has 0 fully saturated rings. The molecule has 15 heavy (non-hydrogen) atoms. The minimum Gasteiger partial charge on any atom is -0.207 e. The van der Waals surface area contributed by atoms with Gasteiger partial charge in [0.2, 0.25) is 10.0 Å². The number of nitrogens with one attached hydrogen (secondary N) is 1. The Bertz CT molecular complexity index is 503. The Kier molecular flexibility index (Phi) is 3.45. The highest BCUT2D eigenvalue weighted by atomic mass is 32.2. The number of terminal acetylenes is 1. The van der Waals surface area contributed by atoms with Gasteiger partial charge in [0, 0.05) is 0 Å². The van der Waals surface area contributed by atoms with Crippen molar-refractivity contribution in [3.63, 3.8) is 0 Å². The maximum Gasteiger partial charge on any atom is 0.241 e. The molecule has 0 bridgehead atoms. The van der Waals surface area contributed by atoms with E-state index in [0.29, 0.717) is 5.56 Å². The Morgan fingerprint density at radius 1 is 1.53 bits per heavy atom. The summed E-state index contributed by atoms with van der Waals surface area (Å²) in [4.78, 5) is -0.0854. The Labute approximate surface area is 88.4 Å². The van der Waals surface area contributed by atoms with Crippen LogP contribution in [-0.2, 0) is 10.0 Å². The van der Waals surface area contributed by atoms with Crippen molar-refractivity contribution in [2.75, 3.05) is 6.54 Å². The predicted octanol–water partition coefficient (Wildman–Crippen LogP) is 1.05. The van der Waals surface area contributed by atoms with Crippen LogP contribution in [0.15, 0.2) is 23.1 Å². The normalized spacial score (nSPS) is 11.0. The summed E-state index contributed by atoms with van der Waals surface area (Å²) in [6, 6.07) is 3.57. The van der Waals surface area contributed by atoms with Crippen molar-refractivity contribution in [2.24, 2.45) is 0 Å². The zero-order valence-corrected chi connectivity index (χ0v) is 8.94. The van der Waals surface area contributed by atoms with Crippen molar-refractivity contribution in [1.29, 1.82) is 0 Å². The molecule has 0 aliphatic rings. The number of halogens is 1. The van der Waals surface area contributed by atoms with Gasteiger partial charge in [-0.1, -0.05) is 12.0 Å². The van der Waals surface area contributed by atoms with Crippen LogP contribution in [0, 0.1) is 25.1 Å². The first kappa shape index (κ1) is 11.7. The highest BCUT2D eigenvalue weighted by Gasteiger charge is 2.16. The van der Waals surface area contributed by atoms with Crippen molar-refractivity contribution in [1.82, 2.24) is 4.72 Å². The van der Waals surface area contributed by atoms with Crippen LogP contribution in [0.4, 0.5) is 4.39 Å². The Morgan fingerprint density at radius 3 is 2.80 bits per heavy atom. The van der Waals surface area contributed by atoms with Gasteiger partial charge in [-0.25, -0.2) is 12.8 Å². The monoisotopic (exact) mass is 227 g/mol. The van der Waals surface area contributed by atoms with Crippen LogP contribution < -0.4 is 4.72 Å². The lowest BCUT2D eigenvalue weighted by Gasteiger charge is -2.06. The zero-order valence-electron chi connectivity index (χ0n) is 8.12. The maximum absolute atomic E-state index is 12.9. The van der Waals surface area contributed by atoms with Crippen molar-refractivity contribution < 1.29 is 12.8 Å². The third kappa shape index (κ3) is 2.78. The molecule has 0 aromatic heterocycles. The number of benzene rings is 1. The summed E-state index contributed by atoms with van der Waals surface area (Å²) < 4.78 is 38.2. The molecule has 80 valence electrons. The molecule has 0 saturated heterocycles. The molecule has 0 aliphatic heterocycles. The predicted molar refractivity (Wildman–Crippen MR) is 55.2 cm³/mol. The van der Waals surface area contributed by atoms with E-state index in [0.717, 1.165) is 6.07 Å². The molecule has 1 N–H and O–H groups in total. The molecule has 3 nitrogen and oxygen atoms in total. The van der Waals surface area contributed by atoms with E-state index in [2.05, 4.69) is 10.6 Å².